The van der Waals surface area contributed by atoms with Gasteiger partial charge in [0.15, 0.2) is 0 Å². The molecule has 0 amide bonds. The quantitative estimate of drug-likeness (QED) is 0.386. The van der Waals surface area contributed by atoms with Crippen LogP contribution in [0.5, 0.6) is 0 Å². The van der Waals surface area contributed by atoms with Crippen molar-refractivity contribution in [1.82, 2.24) is 0 Å². The Labute approximate surface area is 118 Å². The van der Waals surface area contributed by atoms with Gasteiger partial charge >= 0.3 is 5.97 Å². The lowest BCUT2D eigenvalue weighted by Crippen LogP contribution is -2.61. The Bertz CT molecular complexity index is 432. The monoisotopic (exact) mass is 282 g/mol. The lowest BCUT2D eigenvalue weighted by molar-refractivity contribution is -0.434. The molecule has 4 rings (SSSR count). The van der Waals surface area contributed by atoms with Crippen molar-refractivity contribution < 1.29 is 24.0 Å². The second kappa shape index (κ2) is 4.18. The Morgan fingerprint density at radius 2 is 1.85 bits per heavy atom. The zero-order chi connectivity index (χ0) is 14.0. The summed E-state index contributed by atoms with van der Waals surface area (Å²) in [5.74, 6) is 0.406. The first-order valence-corrected chi connectivity index (χ1v) is 7.74. The molecule has 0 bridgehead atoms. The molecule has 20 heavy (non-hydrogen) atoms. The van der Waals surface area contributed by atoms with Crippen LogP contribution in [0.15, 0.2) is 0 Å². The average molecular weight is 282 g/mol. The molecule has 1 aliphatic carbocycles. The number of epoxide rings is 1. The number of ether oxygens (including phenoxy) is 2. The molecule has 0 unspecified atom stereocenters. The number of carbonyl (C=O) groups excluding carboxylic acids is 1. The minimum Gasteiger partial charge on any atom is -0.462 e. The van der Waals surface area contributed by atoms with Gasteiger partial charge in [-0.05, 0) is 31.1 Å². The molecule has 5 heteroatoms. The SMILES string of the molecule is C[C@@H]1CC[C@H]2[C@@H](C)C(=O)OC[C@]23OO[C@]2(CC[C@@H]13)CO2. The molecular formula is C15H22O5. The van der Waals surface area contributed by atoms with Crippen molar-refractivity contribution in [2.45, 2.75) is 50.9 Å². The third kappa shape index (κ3) is 1.69. The van der Waals surface area contributed by atoms with Gasteiger partial charge in [-0.2, -0.15) is 4.89 Å². The number of rotatable bonds is 0. The first kappa shape index (κ1) is 13.0. The lowest BCUT2D eigenvalue weighted by atomic mass is 9.59. The maximum absolute atomic E-state index is 11.9. The summed E-state index contributed by atoms with van der Waals surface area (Å²) < 4.78 is 10.9. The number of cyclic esters (lactones) is 1. The summed E-state index contributed by atoms with van der Waals surface area (Å²) >= 11 is 0. The molecule has 0 radical (unpaired) electrons. The summed E-state index contributed by atoms with van der Waals surface area (Å²) in [7, 11) is 0. The van der Waals surface area contributed by atoms with Crippen LogP contribution >= 0.6 is 0 Å². The molecule has 4 fully saturated rings. The Morgan fingerprint density at radius 3 is 2.60 bits per heavy atom. The third-order valence-corrected chi connectivity index (χ3v) is 5.94. The van der Waals surface area contributed by atoms with Gasteiger partial charge in [0, 0.05) is 12.3 Å². The van der Waals surface area contributed by atoms with Gasteiger partial charge in [0.2, 0.25) is 5.79 Å². The molecular weight excluding hydrogens is 260 g/mol. The summed E-state index contributed by atoms with van der Waals surface area (Å²) in [6.45, 7) is 5.17. The predicted octanol–water partition coefficient (Wildman–Crippen LogP) is 2.05. The summed E-state index contributed by atoms with van der Waals surface area (Å²) in [6.07, 6.45) is 4.04. The highest BCUT2D eigenvalue weighted by Gasteiger charge is 2.63. The number of esters is 1. The predicted molar refractivity (Wildman–Crippen MR) is 68.3 cm³/mol. The summed E-state index contributed by atoms with van der Waals surface area (Å²) in [5, 5.41) is 0. The number of hydrogen-bond donors (Lipinski definition) is 0. The molecule has 3 saturated heterocycles. The van der Waals surface area contributed by atoms with Crippen molar-refractivity contribution in [3.63, 3.8) is 0 Å². The standard InChI is InChI=1S/C15H22O5/c1-9-3-4-12-10(2)13(16)17-8-15(12)11(9)5-6-14(7-18-14)19-20-15/h9-12H,3-8H2,1-2H3/t9-,10-,11+,12+,14-,15-/m1/s1. The van der Waals surface area contributed by atoms with Crippen molar-refractivity contribution in [3.8, 4) is 0 Å². The maximum atomic E-state index is 11.9. The molecule has 3 aliphatic heterocycles. The number of carbonyl (C=O) groups is 1. The molecule has 0 aromatic heterocycles. The van der Waals surface area contributed by atoms with Crippen molar-refractivity contribution in [1.29, 1.82) is 0 Å². The first-order valence-electron chi connectivity index (χ1n) is 7.74. The molecule has 6 atom stereocenters. The van der Waals surface area contributed by atoms with E-state index >= 15 is 0 Å². The van der Waals surface area contributed by atoms with Crippen LogP contribution in [0.25, 0.3) is 0 Å². The molecule has 3 heterocycles. The zero-order valence-corrected chi connectivity index (χ0v) is 12.1. The second-order valence-electron chi connectivity index (χ2n) is 7.02. The Morgan fingerprint density at radius 1 is 1.05 bits per heavy atom. The van der Waals surface area contributed by atoms with E-state index in [0.717, 1.165) is 25.7 Å². The first-order chi connectivity index (χ1) is 9.56. The largest absolute Gasteiger partial charge is 0.462 e. The van der Waals surface area contributed by atoms with E-state index < -0.39 is 11.4 Å². The van der Waals surface area contributed by atoms with Crippen LogP contribution in [0, 0.1) is 23.7 Å². The van der Waals surface area contributed by atoms with Gasteiger partial charge in [0.25, 0.3) is 0 Å². The fraction of sp³-hybridized carbons (Fsp3) is 0.933. The Hall–Kier alpha value is -0.650. The molecule has 0 aromatic rings. The van der Waals surface area contributed by atoms with Crippen LogP contribution in [-0.2, 0) is 24.0 Å². The molecule has 5 nitrogen and oxygen atoms in total. The van der Waals surface area contributed by atoms with E-state index in [4.69, 9.17) is 19.2 Å². The molecule has 0 aromatic carbocycles. The topological polar surface area (TPSA) is 57.3 Å². The highest BCUT2D eigenvalue weighted by molar-refractivity contribution is 5.73. The van der Waals surface area contributed by atoms with Crippen LogP contribution < -0.4 is 0 Å². The van der Waals surface area contributed by atoms with Gasteiger partial charge in [-0.15, -0.1) is 0 Å². The van der Waals surface area contributed by atoms with Gasteiger partial charge in [-0.3, -0.25) is 4.79 Å². The van der Waals surface area contributed by atoms with Crippen molar-refractivity contribution in [2.75, 3.05) is 13.2 Å². The maximum Gasteiger partial charge on any atom is 0.309 e. The summed E-state index contributed by atoms with van der Waals surface area (Å²) in [4.78, 5) is 23.5. The van der Waals surface area contributed by atoms with Crippen molar-refractivity contribution >= 4 is 5.97 Å². The molecule has 1 saturated carbocycles. The van der Waals surface area contributed by atoms with Gasteiger partial charge in [-0.1, -0.05) is 13.8 Å². The summed E-state index contributed by atoms with van der Waals surface area (Å²) in [5.41, 5.74) is -0.472. The van der Waals surface area contributed by atoms with Gasteiger partial charge in [-0.25, -0.2) is 4.89 Å². The van der Waals surface area contributed by atoms with E-state index in [2.05, 4.69) is 6.92 Å². The minimum atomic E-state index is -0.513. The van der Waals surface area contributed by atoms with Gasteiger partial charge in [0.1, 0.15) is 18.8 Å². The number of hydrogen-bond acceptors (Lipinski definition) is 5. The van der Waals surface area contributed by atoms with Crippen molar-refractivity contribution in [2.24, 2.45) is 23.7 Å². The van der Waals surface area contributed by atoms with E-state index in [9.17, 15) is 4.79 Å². The zero-order valence-electron chi connectivity index (χ0n) is 12.1. The molecule has 112 valence electrons. The molecule has 2 spiro atoms. The Kier molecular flexibility index (Phi) is 2.73. The fourth-order valence-electron chi connectivity index (χ4n) is 4.53. The normalized spacial score (nSPS) is 54.6. The van der Waals surface area contributed by atoms with Crippen LogP contribution in [0.3, 0.4) is 0 Å². The molecule has 0 N–H and O–H groups in total. The second-order valence-corrected chi connectivity index (χ2v) is 7.02. The summed E-state index contributed by atoms with van der Waals surface area (Å²) in [6, 6.07) is 0. The van der Waals surface area contributed by atoms with Gasteiger partial charge < -0.3 is 9.47 Å². The van der Waals surface area contributed by atoms with E-state index in [1.165, 1.54) is 0 Å². The minimum absolute atomic E-state index is 0.0980. The highest BCUT2D eigenvalue weighted by Crippen LogP contribution is 2.55. The van der Waals surface area contributed by atoms with E-state index in [1.54, 1.807) is 0 Å². The van der Waals surface area contributed by atoms with E-state index in [1.807, 2.05) is 6.92 Å². The van der Waals surface area contributed by atoms with Gasteiger partial charge in [0.05, 0.1) is 5.92 Å². The smallest absolute Gasteiger partial charge is 0.309 e. The van der Waals surface area contributed by atoms with Crippen LogP contribution in [-0.4, -0.2) is 30.6 Å². The highest BCUT2D eigenvalue weighted by atomic mass is 17.3. The van der Waals surface area contributed by atoms with Crippen LogP contribution in [0.2, 0.25) is 0 Å². The third-order valence-electron chi connectivity index (χ3n) is 5.94. The average Bonchev–Trinajstić information content (AvgIpc) is 3.23. The molecule has 4 aliphatic rings. The lowest BCUT2D eigenvalue weighted by Gasteiger charge is -2.52. The fourth-order valence-corrected chi connectivity index (χ4v) is 4.53. The van der Waals surface area contributed by atoms with Crippen LogP contribution in [0.4, 0.5) is 0 Å². The van der Waals surface area contributed by atoms with E-state index in [0.29, 0.717) is 25.0 Å². The Balaban J connectivity index is 1.70. The van der Waals surface area contributed by atoms with Crippen LogP contribution in [0.1, 0.15) is 39.5 Å². The van der Waals surface area contributed by atoms with Crippen molar-refractivity contribution in [3.05, 3.63) is 0 Å². The van der Waals surface area contributed by atoms with E-state index in [-0.39, 0.29) is 17.8 Å².